The second-order valence-electron chi connectivity index (χ2n) is 14.8. The maximum Gasteiger partial charge on any atom is 0.238 e. The molecule has 272 valence electrons. The largest absolute Gasteiger partial charge is 0.508 e. The Balaban J connectivity index is 1.19. The zero-order chi connectivity index (χ0) is 37.8. The Morgan fingerprint density at radius 2 is 1.40 bits per heavy atom. The van der Waals surface area contributed by atoms with Crippen LogP contribution in [0.1, 0.15) is 35.4 Å². The second-order valence-corrected chi connectivity index (χ2v) is 14.8. The molecule has 0 aromatic heterocycles. The number of fused-ring (bicyclic) bond motifs is 4. The van der Waals surface area contributed by atoms with E-state index in [1.54, 1.807) is 30.3 Å². The molecule has 0 bridgehead atoms. The zero-order valence-corrected chi connectivity index (χ0v) is 30.1. The highest BCUT2D eigenvalue weighted by Crippen LogP contribution is 2.64. The number of phenols is 1. The van der Waals surface area contributed by atoms with E-state index in [1.807, 2.05) is 109 Å². The molecule has 8 nitrogen and oxygen atoms in total. The molecule has 2 amide bonds. The summed E-state index contributed by atoms with van der Waals surface area (Å²) in [6, 6.07) is 40.3. The minimum atomic E-state index is -1.46. The molecule has 5 aromatic rings. The number of ether oxygens (including phenoxy) is 1. The van der Waals surface area contributed by atoms with Gasteiger partial charge < -0.3 is 15.2 Å². The van der Waals surface area contributed by atoms with Gasteiger partial charge in [0, 0.05) is 34.3 Å². The van der Waals surface area contributed by atoms with Gasteiger partial charge in [0.25, 0.3) is 0 Å². The summed E-state index contributed by atoms with van der Waals surface area (Å²) >= 11 is 0. The molecule has 0 radical (unpaired) electrons. The van der Waals surface area contributed by atoms with Gasteiger partial charge in [0.2, 0.25) is 11.8 Å². The molecule has 1 saturated carbocycles. The van der Waals surface area contributed by atoms with Gasteiger partial charge in [-0.05, 0) is 90.6 Å². The number of hydrogen-bond donors (Lipinski definition) is 2. The van der Waals surface area contributed by atoms with Gasteiger partial charge in [-0.2, -0.15) is 0 Å². The Hall–Kier alpha value is -6.54. The molecular formula is C47H38N2O6. The lowest BCUT2D eigenvalue weighted by Crippen LogP contribution is -2.58. The van der Waals surface area contributed by atoms with Crippen molar-refractivity contribution in [2.45, 2.75) is 24.2 Å². The van der Waals surface area contributed by atoms with Crippen LogP contribution < -0.4 is 15.0 Å². The summed E-state index contributed by atoms with van der Waals surface area (Å²) in [6.45, 7) is 0. The molecule has 6 unspecified atom stereocenters. The number of amides is 2. The molecule has 55 heavy (non-hydrogen) atoms. The number of nitrogens with one attached hydrogen (secondary N) is 1. The van der Waals surface area contributed by atoms with Gasteiger partial charge >= 0.3 is 0 Å². The van der Waals surface area contributed by atoms with Crippen LogP contribution in [0.3, 0.4) is 0 Å². The van der Waals surface area contributed by atoms with Gasteiger partial charge in [-0.3, -0.25) is 24.1 Å². The number of carbonyl (C=O) groups is 4. The van der Waals surface area contributed by atoms with E-state index >= 15 is 9.59 Å². The number of benzene rings is 5. The number of carbonyl (C=O) groups excluding carboxylic acids is 4. The van der Waals surface area contributed by atoms with E-state index < -0.39 is 35.0 Å². The molecule has 3 aliphatic carbocycles. The number of imide groups is 1. The number of phenolic OH excluding ortho intramolecular Hbond substituents is 1. The van der Waals surface area contributed by atoms with Gasteiger partial charge in [-0.15, -0.1) is 0 Å². The molecule has 2 fully saturated rings. The first-order valence-corrected chi connectivity index (χ1v) is 18.6. The van der Waals surface area contributed by atoms with Crippen molar-refractivity contribution in [2.24, 2.45) is 23.7 Å². The van der Waals surface area contributed by atoms with Gasteiger partial charge in [-0.1, -0.05) is 90.5 Å². The van der Waals surface area contributed by atoms with Crippen molar-refractivity contribution < 1.29 is 29.0 Å². The highest BCUT2D eigenvalue weighted by atomic mass is 16.5. The Labute approximate surface area is 318 Å². The number of nitrogens with zero attached hydrogens (tertiary/aromatic N) is 1. The van der Waals surface area contributed by atoms with Crippen molar-refractivity contribution in [2.75, 3.05) is 17.3 Å². The summed E-state index contributed by atoms with van der Waals surface area (Å²) < 4.78 is 5.64. The second kappa shape index (κ2) is 13.4. The van der Waals surface area contributed by atoms with Crippen molar-refractivity contribution >= 4 is 46.0 Å². The highest BCUT2D eigenvalue weighted by Gasteiger charge is 2.66. The van der Waals surface area contributed by atoms with Gasteiger partial charge in [-0.25, -0.2) is 0 Å². The first-order valence-electron chi connectivity index (χ1n) is 18.6. The molecule has 2 N–H and O–H groups in total. The zero-order valence-electron chi connectivity index (χ0n) is 30.1. The van der Waals surface area contributed by atoms with Crippen LogP contribution in [0.25, 0.3) is 5.57 Å². The minimum absolute atomic E-state index is 0.0544. The van der Waals surface area contributed by atoms with Crippen LogP contribution >= 0.6 is 0 Å². The molecule has 6 atom stereocenters. The summed E-state index contributed by atoms with van der Waals surface area (Å²) in [5, 5.41) is 15.0. The van der Waals surface area contributed by atoms with Crippen LogP contribution in [0.5, 0.6) is 11.5 Å². The van der Waals surface area contributed by atoms with Crippen LogP contribution in [0.2, 0.25) is 0 Å². The van der Waals surface area contributed by atoms with Crippen LogP contribution in [0, 0.1) is 23.7 Å². The lowest BCUT2D eigenvalue weighted by atomic mass is 9.44. The van der Waals surface area contributed by atoms with Crippen molar-refractivity contribution in [1.29, 1.82) is 0 Å². The maximum absolute atomic E-state index is 15.2. The normalized spacial score (nSPS) is 25.7. The lowest BCUT2D eigenvalue weighted by molar-refractivity contribution is -0.135. The average molecular weight is 727 g/mol. The van der Waals surface area contributed by atoms with E-state index in [-0.39, 0.29) is 42.0 Å². The Morgan fingerprint density at radius 1 is 0.745 bits per heavy atom. The summed E-state index contributed by atoms with van der Waals surface area (Å²) in [6.07, 6.45) is 3.91. The van der Waals surface area contributed by atoms with E-state index in [9.17, 15) is 14.7 Å². The third kappa shape index (κ3) is 5.35. The molecule has 1 heterocycles. The molecule has 4 aliphatic rings. The standard InChI is InChI=1S/C47H38N2O6/c1-55-33-21-24-40(50)38(25-33)43-34-22-23-35-42(46(54)49(45(35)53)32-19-17-31(18-20-32)48-30-15-9-4-10-16-30)37(34)26-39-44(52)36(28-11-5-2-6-12-28)27-41(51)47(39,43)29-13-7-3-8-14-29/h2-22,24-25,27,35,37,39,42-43,48,50H,23,26H2,1H3. The molecule has 8 heteroatoms. The summed E-state index contributed by atoms with van der Waals surface area (Å²) in [5.41, 5.74) is 3.53. The van der Waals surface area contributed by atoms with Gasteiger partial charge in [0.1, 0.15) is 11.5 Å². The number of allylic oxidation sites excluding steroid dienone is 4. The Bertz CT molecular complexity index is 2410. The maximum atomic E-state index is 15.2. The third-order valence-corrected chi connectivity index (χ3v) is 12.1. The molecule has 0 spiro atoms. The van der Waals surface area contributed by atoms with Crippen molar-refractivity contribution in [3.63, 3.8) is 0 Å². The van der Waals surface area contributed by atoms with E-state index in [1.165, 1.54) is 18.1 Å². The fourth-order valence-electron chi connectivity index (χ4n) is 9.75. The summed E-state index contributed by atoms with van der Waals surface area (Å²) in [4.78, 5) is 60.7. The molecule has 9 rings (SSSR count). The molecule has 1 aliphatic heterocycles. The number of hydrogen-bond acceptors (Lipinski definition) is 7. The third-order valence-electron chi connectivity index (χ3n) is 12.1. The smallest absolute Gasteiger partial charge is 0.238 e. The number of aromatic hydroxyl groups is 1. The fourth-order valence-corrected chi connectivity index (χ4v) is 9.75. The molecular weight excluding hydrogens is 689 g/mol. The lowest BCUT2D eigenvalue weighted by Gasteiger charge is -2.55. The SMILES string of the molecule is COc1ccc(O)c(C2C3=CCC4C(=O)N(c5ccc(Nc6ccccc6)cc5)C(=O)C4C3CC3C(=O)C(c4ccccc4)=CC(=O)C32c2ccccc2)c1. The highest BCUT2D eigenvalue weighted by molar-refractivity contribution is 6.32. The quantitative estimate of drug-likeness (QED) is 0.129. The average Bonchev–Trinajstić information content (AvgIpc) is 3.48. The van der Waals surface area contributed by atoms with Crippen LogP contribution in [0.4, 0.5) is 17.1 Å². The fraction of sp³-hybridized carbons (Fsp3) is 0.191. The predicted octanol–water partition coefficient (Wildman–Crippen LogP) is 8.17. The van der Waals surface area contributed by atoms with Gasteiger partial charge in [0.05, 0.1) is 30.0 Å². The monoisotopic (exact) mass is 726 g/mol. The van der Waals surface area contributed by atoms with Crippen molar-refractivity contribution in [3.8, 4) is 11.5 Å². The van der Waals surface area contributed by atoms with Crippen molar-refractivity contribution in [1.82, 2.24) is 0 Å². The Morgan fingerprint density at radius 3 is 2.09 bits per heavy atom. The Kier molecular flexibility index (Phi) is 8.34. The summed E-state index contributed by atoms with van der Waals surface area (Å²) in [5.74, 6) is -4.41. The van der Waals surface area contributed by atoms with E-state index in [2.05, 4.69) is 5.32 Å². The van der Waals surface area contributed by atoms with Gasteiger partial charge in [0.15, 0.2) is 11.6 Å². The van der Waals surface area contributed by atoms with Crippen molar-refractivity contribution in [3.05, 3.63) is 168 Å². The van der Waals surface area contributed by atoms with E-state index in [4.69, 9.17) is 4.74 Å². The predicted molar refractivity (Wildman–Crippen MR) is 210 cm³/mol. The number of anilines is 3. The van der Waals surface area contributed by atoms with Crippen LogP contribution in [0.15, 0.2) is 151 Å². The molecule has 1 saturated heterocycles. The van der Waals surface area contributed by atoms with Crippen LogP contribution in [-0.4, -0.2) is 35.6 Å². The number of ketones is 2. The number of rotatable bonds is 7. The van der Waals surface area contributed by atoms with E-state index in [0.717, 1.165) is 16.9 Å². The number of para-hydroxylation sites is 1. The summed E-state index contributed by atoms with van der Waals surface area (Å²) in [7, 11) is 1.53. The number of methoxy groups -OCH3 is 1. The van der Waals surface area contributed by atoms with Crippen LogP contribution in [-0.2, 0) is 24.6 Å². The topological polar surface area (TPSA) is 113 Å². The van der Waals surface area contributed by atoms with E-state index in [0.29, 0.717) is 33.7 Å². The number of Topliss-reactive ketones (excluding diaryl/α,β-unsaturated/α-hetero) is 1. The minimum Gasteiger partial charge on any atom is -0.508 e. The first kappa shape index (κ1) is 34.2. The molecule has 5 aromatic carbocycles. The first-order chi connectivity index (χ1) is 26.8.